The number of nitrogens with zero attached hydrogens (tertiary/aromatic N) is 1. The van der Waals surface area contributed by atoms with Crippen molar-refractivity contribution in [1.29, 1.82) is 0 Å². The molecule has 0 aromatic carbocycles. The highest BCUT2D eigenvalue weighted by Gasteiger charge is 2.38. The third-order valence-electron chi connectivity index (χ3n) is 3.36. The first-order valence-corrected chi connectivity index (χ1v) is 7.37. The van der Waals surface area contributed by atoms with Crippen LogP contribution in [0.25, 0.3) is 0 Å². The smallest absolute Gasteiger partial charge is 0.348 e. The summed E-state index contributed by atoms with van der Waals surface area (Å²) in [7, 11) is 0. The second-order valence-electron chi connectivity index (χ2n) is 5.77. The standard InChI is InChI=1S/C16H21NO5/c1-16(2)21-14(19)13(15(20)22-16)11-12(18)7-6-10-17-8-4-3-5-9-17/h6-7,10-11,18H,3-5,8-9H2,1-2H3/b10-6+,12-7-. The summed E-state index contributed by atoms with van der Waals surface area (Å²) in [6.45, 7) is 4.94. The number of ether oxygens (including phenoxy) is 2. The van der Waals surface area contributed by atoms with Gasteiger partial charge >= 0.3 is 11.9 Å². The fraction of sp³-hybridized carbons (Fsp3) is 0.500. The Kier molecular flexibility index (Phi) is 4.90. The first kappa shape index (κ1) is 16.1. The van der Waals surface area contributed by atoms with Gasteiger partial charge in [-0.3, -0.25) is 0 Å². The Balaban J connectivity index is 2.01. The molecule has 2 rings (SSSR count). The number of allylic oxidation sites excluding steroid dienone is 3. The molecule has 2 heterocycles. The van der Waals surface area contributed by atoms with Crippen LogP contribution in [0.4, 0.5) is 0 Å². The van der Waals surface area contributed by atoms with Gasteiger partial charge in [0.05, 0.1) is 0 Å². The van der Waals surface area contributed by atoms with Crippen LogP contribution in [0, 0.1) is 0 Å². The summed E-state index contributed by atoms with van der Waals surface area (Å²) in [6.07, 6.45) is 9.62. The second kappa shape index (κ2) is 6.68. The zero-order valence-corrected chi connectivity index (χ0v) is 12.9. The second-order valence-corrected chi connectivity index (χ2v) is 5.77. The van der Waals surface area contributed by atoms with E-state index in [-0.39, 0.29) is 11.3 Å². The number of hydrogen-bond acceptors (Lipinski definition) is 6. The number of carbonyl (C=O) groups is 2. The fourth-order valence-corrected chi connectivity index (χ4v) is 2.31. The minimum Gasteiger partial charge on any atom is -0.508 e. The van der Waals surface area contributed by atoms with Crippen molar-refractivity contribution < 1.29 is 24.2 Å². The molecule has 2 aliphatic rings. The lowest BCUT2D eigenvalue weighted by molar-refractivity contribution is -0.222. The number of cyclic esters (lactones) is 2. The number of likely N-dealkylation sites (tertiary alicyclic amines) is 1. The lowest BCUT2D eigenvalue weighted by Gasteiger charge is -2.29. The lowest BCUT2D eigenvalue weighted by Crippen LogP contribution is -2.41. The molecule has 120 valence electrons. The van der Waals surface area contributed by atoms with Crippen LogP contribution in [0.15, 0.2) is 35.8 Å². The first-order valence-electron chi connectivity index (χ1n) is 7.37. The predicted octanol–water partition coefficient (Wildman–Crippen LogP) is 2.19. The van der Waals surface area contributed by atoms with E-state index in [1.165, 1.54) is 26.3 Å². The summed E-state index contributed by atoms with van der Waals surface area (Å²) in [5, 5.41) is 9.80. The monoisotopic (exact) mass is 307 g/mol. The van der Waals surface area contributed by atoms with Gasteiger partial charge in [-0.25, -0.2) is 9.59 Å². The van der Waals surface area contributed by atoms with Crippen LogP contribution in [-0.4, -0.2) is 40.8 Å². The molecule has 0 bridgehead atoms. The number of carbonyl (C=O) groups excluding carboxylic acids is 2. The van der Waals surface area contributed by atoms with Crippen molar-refractivity contribution in [2.45, 2.75) is 38.9 Å². The van der Waals surface area contributed by atoms with Gasteiger partial charge in [-0.15, -0.1) is 0 Å². The van der Waals surface area contributed by atoms with E-state index in [1.54, 1.807) is 6.08 Å². The molecule has 0 spiro atoms. The number of hydrogen-bond donors (Lipinski definition) is 1. The third-order valence-corrected chi connectivity index (χ3v) is 3.36. The Morgan fingerprint density at radius 2 is 1.73 bits per heavy atom. The highest BCUT2D eigenvalue weighted by atomic mass is 16.7. The molecular weight excluding hydrogens is 286 g/mol. The Hall–Kier alpha value is -2.24. The Morgan fingerprint density at radius 3 is 2.32 bits per heavy atom. The molecule has 2 fully saturated rings. The van der Waals surface area contributed by atoms with E-state index in [0.717, 1.165) is 32.0 Å². The van der Waals surface area contributed by atoms with Crippen molar-refractivity contribution in [3.8, 4) is 0 Å². The van der Waals surface area contributed by atoms with Crippen molar-refractivity contribution in [3.63, 3.8) is 0 Å². The number of piperidine rings is 1. The van der Waals surface area contributed by atoms with Gasteiger partial charge in [0, 0.05) is 33.0 Å². The number of rotatable bonds is 3. The highest BCUT2D eigenvalue weighted by molar-refractivity contribution is 6.15. The summed E-state index contributed by atoms with van der Waals surface area (Å²) in [5.74, 6) is -3.10. The van der Waals surface area contributed by atoms with E-state index in [9.17, 15) is 14.7 Å². The number of esters is 2. The zero-order chi connectivity index (χ0) is 16.2. The van der Waals surface area contributed by atoms with Crippen LogP contribution in [-0.2, 0) is 19.1 Å². The van der Waals surface area contributed by atoms with E-state index >= 15 is 0 Å². The summed E-state index contributed by atoms with van der Waals surface area (Å²) in [4.78, 5) is 25.6. The molecule has 0 aromatic rings. The highest BCUT2D eigenvalue weighted by Crippen LogP contribution is 2.23. The number of aliphatic hydroxyl groups is 1. The molecule has 2 aliphatic heterocycles. The summed E-state index contributed by atoms with van der Waals surface area (Å²) in [5.41, 5.74) is -0.320. The maximum Gasteiger partial charge on any atom is 0.348 e. The predicted molar refractivity (Wildman–Crippen MR) is 79.6 cm³/mol. The Labute approximate surface area is 129 Å². The molecule has 1 N–H and O–H groups in total. The molecule has 6 nitrogen and oxygen atoms in total. The van der Waals surface area contributed by atoms with E-state index in [2.05, 4.69) is 4.90 Å². The van der Waals surface area contributed by atoms with Crippen molar-refractivity contribution in [2.24, 2.45) is 0 Å². The minimum absolute atomic E-state index is 0.211. The molecule has 22 heavy (non-hydrogen) atoms. The average molecular weight is 307 g/mol. The fourth-order valence-electron chi connectivity index (χ4n) is 2.31. The van der Waals surface area contributed by atoms with Crippen LogP contribution < -0.4 is 0 Å². The van der Waals surface area contributed by atoms with Gasteiger partial charge in [0.2, 0.25) is 0 Å². The van der Waals surface area contributed by atoms with Gasteiger partial charge in [-0.05, 0) is 37.6 Å². The van der Waals surface area contributed by atoms with Gasteiger partial charge in [0.25, 0.3) is 5.79 Å². The largest absolute Gasteiger partial charge is 0.508 e. The molecule has 0 aliphatic carbocycles. The zero-order valence-electron chi connectivity index (χ0n) is 12.9. The van der Waals surface area contributed by atoms with E-state index < -0.39 is 17.7 Å². The first-order chi connectivity index (χ1) is 10.4. The molecule has 0 radical (unpaired) electrons. The van der Waals surface area contributed by atoms with Crippen molar-refractivity contribution in [2.75, 3.05) is 13.1 Å². The summed E-state index contributed by atoms with van der Waals surface area (Å²) >= 11 is 0. The average Bonchev–Trinajstić information content (AvgIpc) is 2.43. The molecule has 2 saturated heterocycles. The minimum atomic E-state index is -1.28. The van der Waals surface area contributed by atoms with Gasteiger partial charge in [-0.2, -0.15) is 0 Å². The third kappa shape index (κ3) is 4.38. The van der Waals surface area contributed by atoms with E-state index in [4.69, 9.17) is 9.47 Å². The van der Waals surface area contributed by atoms with Crippen LogP contribution in [0.5, 0.6) is 0 Å². The summed E-state index contributed by atoms with van der Waals surface area (Å²) < 4.78 is 9.88. The maximum atomic E-state index is 11.7. The van der Waals surface area contributed by atoms with Crippen LogP contribution in [0.1, 0.15) is 33.1 Å². The van der Waals surface area contributed by atoms with Crippen LogP contribution in [0.3, 0.4) is 0 Å². The number of aliphatic hydroxyl groups excluding tert-OH is 1. The Bertz CT molecular complexity index is 517. The lowest BCUT2D eigenvalue weighted by atomic mass is 10.1. The van der Waals surface area contributed by atoms with Gasteiger partial charge in [0.15, 0.2) is 0 Å². The molecule has 0 saturated carbocycles. The Morgan fingerprint density at radius 1 is 1.14 bits per heavy atom. The van der Waals surface area contributed by atoms with Gasteiger partial charge in [0.1, 0.15) is 11.3 Å². The van der Waals surface area contributed by atoms with E-state index in [1.807, 2.05) is 6.20 Å². The normalized spacial score (nSPS) is 22.5. The molecule has 0 unspecified atom stereocenters. The molecule has 0 amide bonds. The van der Waals surface area contributed by atoms with Crippen LogP contribution >= 0.6 is 0 Å². The van der Waals surface area contributed by atoms with Crippen molar-refractivity contribution >= 4 is 11.9 Å². The van der Waals surface area contributed by atoms with Crippen LogP contribution in [0.2, 0.25) is 0 Å². The van der Waals surface area contributed by atoms with Gasteiger partial charge in [-0.1, -0.05) is 0 Å². The molecular formula is C16H21NO5. The SMILES string of the molecule is CC1(C)OC(=O)C(=C/C(O)=C/C=C/N2CCCCC2)C(=O)O1. The molecule has 0 aromatic heterocycles. The van der Waals surface area contributed by atoms with Gasteiger partial charge < -0.3 is 19.5 Å². The molecule has 0 atom stereocenters. The summed E-state index contributed by atoms with van der Waals surface area (Å²) in [6, 6.07) is 0. The van der Waals surface area contributed by atoms with Crippen molar-refractivity contribution in [1.82, 2.24) is 4.90 Å². The quantitative estimate of drug-likeness (QED) is 0.283. The van der Waals surface area contributed by atoms with E-state index in [0.29, 0.717) is 0 Å². The van der Waals surface area contributed by atoms with Crippen molar-refractivity contribution in [3.05, 3.63) is 35.8 Å². The molecule has 6 heteroatoms. The topological polar surface area (TPSA) is 76.1 Å². The maximum absolute atomic E-state index is 11.7.